The summed E-state index contributed by atoms with van der Waals surface area (Å²) in [6.07, 6.45) is -8.42. The quantitative estimate of drug-likeness (QED) is 0.387. The average molecular weight is 299 g/mol. The van der Waals surface area contributed by atoms with Crippen LogP contribution < -0.4 is 11.1 Å². The van der Waals surface area contributed by atoms with Gasteiger partial charge in [0.2, 0.25) is 0 Å². The summed E-state index contributed by atoms with van der Waals surface area (Å²) in [5.74, 6) is -1.92. The Kier molecular flexibility index (Phi) is 4.11. The number of nitrogens with one attached hydrogen (secondary N) is 1. The van der Waals surface area contributed by atoms with Crippen LogP contribution in [0, 0.1) is 10.1 Å². The van der Waals surface area contributed by atoms with Crippen molar-refractivity contribution in [2.75, 3.05) is 11.1 Å². The SMILES string of the molecule is Nc1cc(C(F)(F)F)cc([N+](=O)[O-])c1NC(=O)C(F)F. The first-order valence-corrected chi connectivity index (χ1v) is 4.78. The zero-order valence-corrected chi connectivity index (χ0v) is 9.37. The minimum absolute atomic E-state index is 0.0947. The number of amides is 1. The lowest BCUT2D eigenvalue weighted by atomic mass is 10.1. The number of nitro benzene ring substituents is 1. The van der Waals surface area contributed by atoms with Gasteiger partial charge in [0.1, 0.15) is 5.69 Å². The number of anilines is 2. The number of rotatable bonds is 3. The zero-order chi connectivity index (χ0) is 15.7. The minimum Gasteiger partial charge on any atom is -0.397 e. The Bertz CT molecular complexity index is 558. The molecule has 1 amide bonds. The molecule has 0 heterocycles. The van der Waals surface area contributed by atoms with Crippen molar-refractivity contribution < 1.29 is 31.7 Å². The van der Waals surface area contributed by atoms with Gasteiger partial charge in [-0.3, -0.25) is 14.9 Å². The number of halogens is 5. The molecular weight excluding hydrogens is 293 g/mol. The molecule has 0 aromatic heterocycles. The van der Waals surface area contributed by atoms with Crippen molar-refractivity contribution in [3.8, 4) is 0 Å². The van der Waals surface area contributed by atoms with Gasteiger partial charge in [-0.2, -0.15) is 22.0 Å². The van der Waals surface area contributed by atoms with Crippen molar-refractivity contribution in [2.24, 2.45) is 0 Å². The number of nitro groups is 1. The van der Waals surface area contributed by atoms with Crippen LogP contribution in [0.5, 0.6) is 0 Å². The monoisotopic (exact) mass is 299 g/mol. The summed E-state index contributed by atoms with van der Waals surface area (Å²) in [7, 11) is 0. The fourth-order valence-corrected chi connectivity index (χ4v) is 1.27. The summed E-state index contributed by atoms with van der Waals surface area (Å²) >= 11 is 0. The first-order valence-electron chi connectivity index (χ1n) is 4.78. The number of alkyl halides is 5. The first-order chi connectivity index (χ1) is 9.04. The van der Waals surface area contributed by atoms with Crippen LogP contribution in [0.1, 0.15) is 5.56 Å². The summed E-state index contributed by atoms with van der Waals surface area (Å²) < 4.78 is 61.4. The molecule has 0 fully saturated rings. The molecule has 0 radical (unpaired) electrons. The third-order valence-electron chi connectivity index (χ3n) is 2.12. The molecule has 1 aromatic rings. The number of carbonyl (C=O) groups is 1. The third kappa shape index (κ3) is 3.30. The standard InChI is InChI=1S/C9H6F5N3O3/c10-7(11)8(18)16-6-4(15)1-3(9(12,13)14)2-5(6)17(19)20/h1-2,7H,15H2,(H,16,18). The van der Waals surface area contributed by atoms with Crippen molar-refractivity contribution >= 4 is 23.0 Å². The molecule has 0 spiro atoms. The Morgan fingerprint density at radius 2 is 1.90 bits per heavy atom. The van der Waals surface area contributed by atoms with Gasteiger partial charge in [-0.05, 0) is 6.07 Å². The Hall–Kier alpha value is -2.46. The van der Waals surface area contributed by atoms with Gasteiger partial charge in [0, 0.05) is 6.07 Å². The average Bonchev–Trinajstić information content (AvgIpc) is 2.29. The highest BCUT2D eigenvalue weighted by atomic mass is 19.4. The second-order valence-electron chi connectivity index (χ2n) is 3.50. The molecule has 6 nitrogen and oxygen atoms in total. The number of benzene rings is 1. The van der Waals surface area contributed by atoms with Crippen molar-refractivity contribution in [1.29, 1.82) is 0 Å². The molecule has 0 aliphatic carbocycles. The molecule has 0 bridgehead atoms. The molecule has 20 heavy (non-hydrogen) atoms. The molecule has 3 N–H and O–H groups in total. The van der Waals surface area contributed by atoms with Gasteiger partial charge < -0.3 is 11.1 Å². The Labute approximate surface area is 107 Å². The highest BCUT2D eigenvalue weighted by Crippen LogP contribution is 2.38. The number of nitrogen functional groups attached to an aromatic ring is 1. The Morgan fingerprint density at radius 3 is 2.30 bits per heavy atom. The van der Waals surface area contributed by atoms with E-state index < -0.39 is 46.1 Å². The van der Waals surface area contributed by atoms with Crippen LogP contribution in [-0.4, -0.2) is 17.3 Å². The maximum atomic E-state index is 12.4. The van der Waals surface area contributed by atoms with Crippen LogP contribution in [0.15, 0.2) is 12.1 Å². The molecular formula is C9H6F5N3O3. The Morgan fingerprint density at radius 1 is 1.35 bits per heavy atom. The molecule has 1 rings (SSSR count). The highest BCUT2D eigenvalue weighted by molar-refractivity contribution is 5.98. The van der Waals surface area contributed by atoms with E-state index in [1.807, 2.05) is 0 Å². The van der Waals surface area contributed by atoms with E-state index in [4.69, 9.17) is 5.73 Å². The molecule has 110 valence electrons. The van der Waals surface area contributed by atoms with E-state index in [9.17, 15) is 36.9 Å². The molecule has 1 aromatic carbocycles. The number of hydrogen-bond acceptors (Lipinski definition) is 4. The van der Waals surface area contributed by atoms with Gasteiger partial charge in [0.05, 0.1) is 16.2 Å². The van der Waals surface area contributed by atoms with Crippen LogP contribution in [0.3, 0.4) is 0 Å². The lowest BCUT2D eigenvalue weighted by Gasteiger charge is -2.12. The van der Waals surface area contributed by atoms with Crippen LogP contribution in [0.4, 0.5) is 39.0 Å². The van der Waals surface area contributed by atoms with Crippen molar-refractivity contribution in [1.82, 2.24) is 0 Å². The minimum atomic E-state index is -4.91. The molecule has 11 heteroatoms. The van der Waals surface area contributed by atoms with E-state index >= 15 is 0 Å². The second-order valence-corrected chi connectivity index (χ2v) is 3.50. The molecule has 0 aliphatic rings. The molecule has 0 saturated carbocycles. The molecule has 0 aliphatic heterocycles. The zero-order valence-electron chi connectivity index (χ0n) is 9.37. The summed E-state index contributed by atoms with van der Waals surface area (Å²) in [5, 5.41) is 12.1. The van der Waals surface area contributed by atoms with Gasteiger partial charge in [-0.25, -0.2) is 0 Å². The third-order valence-corrected chi connectivity index (χ3v) is 2.12. The highest BCUT2D eigenvalue weighted by Gasteiger charge is 2.35. The number of hydrogen-bond donors (Lipinski definition) is 2. The van der Waals surface area contributed by atoms with Gasteiger partial charge in [0.25, 0.3) is 11.6 Å². The lowest BCUT2D eigenvalue weighted by molar-refractivity contribution is -0.384. The summed E-state index contributed by atoms with van der Waals surface area (Å²) in [4.78, 5) is 20.1. The van der Waals surface area contributed by atoms with E-state index in [1.165, 1.54) is 5.32 Å². The summed E-state index contributed by atoms with van der Waals surface area (Å²) in [6.45, 7) is 0. The second kappa shape index (κ2) is 5.27. The van der Waals surface area contributed by atoms with Crippen molar-refractivity contribution in [2.45, 2.75) is 12.6 Å². The number of nitrogens with two attached hydrogens (primary N) is 1. The van der Waals surface area contributed by atoms with E-state index in [0.717, 1.165) is 0 Å². The molecule has 0 saturated heterocycles. The number of nitrogens with zero attached hydrogens (tertiary/aromatic N) is 1. The van der Waals surface area contributed by atoms with Gasteiger partial charge in [-0.1, -0.05) is 0 Å². The Balaban J connectivity index is 3.38. The van der Waals surface area contributed by atoms with Crippen molar-refractivity contribution in [3.05, 3.63) is 27.8 Å². The van der Waals surface area contributed by atoms with Gasteiger partial charge >= 0.3 is 12.6 Å². The normalized spacial score (nSPS) is 11.5. The predicted molar refractivity (Wildman–Crippen MR) is 57.1 cm³/mol. The maximum Gasteiger partial charge on any atom is 0.416 e. The number of carbonyl (C=O) groups excluding carboxylic acids is 1. The van der Waals surface area contributed by atoms with Gasteiger partial charge in [-0.15, -0.1) is 0 Å². The fraction of sp³-hybridized carbons (Fsp3) is 0.222. The topological polar surface area (TPSA) is 98.3 Å². The van der Waals surface area contributed by atoms with E-state index in [1.54, 1.807) is 0 Å². The van der Waals surface area contributed by atoms with E-state index in [0.29, 0.717) is 6.07 Å². The summed E-state index contributed by atoms with van der Waals surface area (Å²) in [6, 6.07) is 0.394. The van der Waals surface area contributed by atoms with Crippen LogP contribution in [-0.2, 0) is 11.0 Å². The van der Waals surface area contributed by atoms with Crippen LogP contribution >= 0.6 is 0 Å². The smallest absolute Gasteiger partial charge is 0.397 e. The summed E-state index contributed by atoms with van der Waals surface area (Å²) in [5.41, 5.74) is 0.721. The lowest BCUT2D eigenvalue weighted by Crippen LogP contribution is -2.22. The first kappa shape index (κ1) is 15.6. The van der Waals surface area contributed by atoms with Crippen LogP contribution in [0.2, 0.25) is 0 Å². The fourth-order valence-electron chi connectivity index (χ4n) is 1.27. The van der Waals surface area contributed by atoms with E-state index in [2.05, 4.69) is 0 Å². The largest absolute Gasteiger partial charge is 0.416 e. The predicted octanol–water partition coefficient (Wildman–Crippen LogP) is 2.40. The molecule has 0 atom stereocenters. The van der Waals surface area contributed by atoms with Crippen molar-refractivity contribution in [3.63, 3.8) is 0 Å². The van der Waals surface area contributed by atoms with Crippen LogP contribution in [0.25, 0.3) is 0 Å². The molecule has 0 unspecified atom stereocenters. The maximum absolute atomic E-state index is 12.4. The van der Waals surface area contributed by atoms with Gasteiger partial charge in [0.15, 0.2) is 0 Å². The van der Waals surface area contributed by atoms with E-state index in [-0.39, 0.29) is 6.07 Å².